The van der Waals surface area contributed by atoms with E-state index in [9.17, 15) is 4.79 Å². The summed E-state index contributed by atoms with van der Waals surface area (Å²) in [6, 6.07) is 7.64. The Hall–Kier alpha value is -1.51. The number of carbonyl (C=O) groups is 1. The molecule has 0 fully saturated rings. The number of aryl methyl sites for hydroxylation is 1. The average Bonchev–Trinajstić information content (AvgIpc) is 2.27. The number of hydrogen-bond acceptors (Lipinski definition) is 2. The van der Waals surface area contributed by atoms with Crippen molar-refractivity contribution in [3.05, 3.63) is 29.8 Å². The predicted molar refractivity (Wildman–Crippen MR) is 67.3 cm³/mol. The minimum absolute atomic E-state index is 0.0529. The molecule has 1 rings (SSSR count). The van der Waals surface area contributed by atoms with E-state index in [2.05, 4.69) is 6.92 Å². The molecule has 0 aromatic heterocycles. The van der Waals surface area contributed by atoms with Crippen molar-refractivity contribution in [1.29, 1.82) is 0 Å². The van der Waals surface area contributed by atoms with Crippen LogP contribution < -0.4 is 4.74 Å². The topological polar surface area (TPSA) is 46.5 Å². The molecule has 1 unspecified atom stereocenters. The molecule has 1 N–H and O–H groups in total. The summed E-state index contributed by atoms with van der Waals surface area (Å²) in [5.74, 6) is -0.355. The van der Waals surface area contributed by atoms with E-state index in [1.165, 1.54) is 5.56 Å². The zero-order valence-corrected chi connectivity index (χ0v) is 10.6. The molecule has 0 aliphatic heterocycles. The maximum atomic E-state index is 11.0. The molecule has 0 aliphatic carbocycles. The van der Waals surface area contributed by atoms with Gasteiger partial charge < -0.3 is 9.84 Å². The van der Waals surface area contributed by atoms with Gasteiger partial charge in [-0.2, -0.15) is 0 Å². The fraction of sp³-hybridized carbons (Fsp3) is 0.500. The molecule has 1 aromatic carbocycles. The van der Waals surface area contributed by atoms with Crippen LogP contribution in [0.15, 0.2) is 24.3 Å². The maximum absolute atomic E-state index is 11.0. The summed E-state index contributed by atoms with van der Waals surface area (Å²) in [4.78, 5) is 11.0. The van der Waals surface area contributed by atoms with Crippen molar-refractivity contribution in [2.75, 3.05) is 0 Å². The highest BCUT2D eigenvalue weighted by Crippen LogP contribution is 2.17. The maximum Gasteiger partial charge on any atom is 0.345 e. The van der Waals surface area contributed by atoms with Gasteiger partial charge in [-0.05, 0) is 24.1 Å². The first-order valence-corrected chi connectivity index (χ1v) is 6.03. The molecule has 3 heteroatoms. The summed E-state index contributed by atoms with van der Waals surface area (Å²) in [7, 11) is 0. The van der Waals surface area contributed by atoms with E-state index in [0.29, 0.717) is 5.75 Å². The van der Waals surface area contributed by atoms with Gasteiger partial charge in [0.05, 0.1) is 0 Å². The summed E-state index contributed by atoms with van der Waals surface area (Å²) in [5.41, 5.74) is 1.25. The summed E-state index contributed by atoms with van der Waals surface area (Å²) in [6.45, 7) is 5.80. The number of benzene rings is 1. The number of aliphatic carboxylic acids is 1. The van der Waals surface area contributed by atoms with Gasteiger partial charge in [-0.3, -0.25) is 0 Å². The normalized spacial score (nSPS) is 12.5. The number of ether oxygens (including phenoxy) is 1. The fourth-order valence-corrected chi connectivity index (χ4v) is 1.64. The van der Waals surface area contributed by atoms with Crippen LogP contribution in [0.25, 0.3) is 0 Å². The molecule has 1 atom stereocenters. The fourth-order valence-electron chi connectivity index (χ4n) is 1.64. The molecule has 0 aliphatic rings. The summed E-state index contributed by atoms with van der Waals surface area (Å²) >= 11 is 0. The van der Waals surface area contributed by atoms with Gasteiger partial charge >= 0.3 is 5.97 Å². The third-order valence-electron chi connectivity index (χ3n) is 2.57. The summed E-state index contributed by atoms with van der Waals surface area (Å²) < 4.78 is 5.47. The highest BCUT2D eigenvalue weighted by molar-refractivity contribution is 5.73. The molecule has 0 saturated carbocycles. The molecule has 0 heterocycles. The molecule has 0 saturated heterocycles. The first kappa shape index (κ1) is 13.6. The number of hydrogen-bond donors (Lipinski definition) is 1. The quantitative estimate of drug-likeness (QED) is 0.825. The number of carboxylic acid groups (broad SMARTS) is 1. The van der Waals surface area contributed by atoms with Crippen molar-refractivity contribution in [2.45, 2.75) is 39.7 Å². The standard InChI is InChI=1S/C14H20O3/c1-4-5-11-6-8-12(9-7-11)17-13(10(2)3)14(15)16/h6-10,13H,4-5H2,1-3H3,(H,15,16). The van der Waals surface area contributed by atoms with Crippen LogP contribution in [-0.4, -0.2) is 17.2 Å². The lowest BCUT2D eigenvalue weighted by atomic mass is 10.1. The van der Waals surface area contributed by atoms with Crippen LogP contribution in [0.2, 0.25) is 0 Å². The Morgan fingerprint density at radius 3 is 2.29 bits per heavy atom. The Labute approximate surface area is 102 Å². The second kappa shape index (κ2) is 6.28. The minimum atomic E-state index is -0.919. The third-order valence-corrected chi connectivity index (χ3v) is 2.57. The molecule has 1 aromatic rings. The van der Waals surface area contributed by atoms with Crippen LogP contribution >= 0.6 is 0 Å². The van der Waals surface area contributed by atoms with Crippen molar-refractivity contribution in [3.8, 4) is 5.75 Å². The predicted octanol–water partition coefficient (Wildman–Crippen LogP) is 3.13. The first-order valence-electron chi connectivity index (χ1n) is 6.03. The molecule has 0 radical (unpaired) electrons. The van der Waals surface area contributed by atoms with Gasteiger partial charge in [-0.25, -0.2) is 4.79 Å². The van der Waals surface area contributed by atoms with Crippen molar-refractivity contribution in [1.82, 2.24) is 0 Å². The average molecular weight is 236 g/mol. The number of carboxylic acids is 1. The third kappa shape index (κ3) is 4.10. The Kier molecular flexibility index (Phi) is 5.01. The van der Waals surface area contributed by atoms with Gasteiger partial charge in [0.1, 0.15) is 5.75 Å². The van der Waals surface area contributed by atoms with Crippen LogP contribution in [0, 0.1) is 5.92 Å². The zero-order valence-electron chi connectivity index (χ0n) is 10.6. The molecule has 0 bridgehead atoms. The van der Waals surface area contributed by atoms with Crippen LogP contribution in [-0.2, 0) is 11.2 Å². The lowest BCUT2D eigenvalue weighted by molar-refractivity contribution is -0.147. The molecular formula is C14H20O3. The van der Waals surface area contributed by atoms with Crippen LogP contribution in [0.3, 0.4) is 0 Å². The Morgan fingerprint density at radius 2 is 1.88 bits per heavy atom. The second-order valence-corrected chi connectivity index (χ2v) is 4.51. The largest absolute Gasteiger partial charge is 0.478 e. The van der Waals surface area contributed by atoms with Gasteiger partial charge in [0.25, 0.3) is 0 Å². The molecule has 94 valence electrons. The van der Waals surface area contributed by atoms with E-state index in [0.717, 1.165) is 12.8 Å². The summed E-state index contributed by atoms with van der Waals surface area (Å²) in [5, 5.41) is 9.02. The van der Waals surface area contributed by atoms with E-state index in [1.54, 1.807) is 0 Å². The highest BCUT2D eigenvalue weighted by atomic mass is 16.5. The molecule has 0 amide bonds. The van der Waals surface area contributed by atoms with E-state index in [1.807, 2.05) is 38.1 Å². The van der Waals surface area contributed by atoms with Crippen LogP contribution in [0.5, 0.6) is 5.75 Å². The Balaban J connectivity index is 2.70. The number of rotatable bonds is 6. The van der Waals surface area contributed by atoms with Crippen molar-refractivity contribution in [2.24, 2.45) is 5.92 Å². The Bertz CT molecular complexity index is 354. The molecule has 17 heavy (non-hydrogen) atoms. The molecule has 0 spiro atoms. The lowest BCUT2D eigenvalue weighted by Gasteiger charge is -2.18. The minimum Gasteiger partial charge on any atom is -0.478 e. The molecule has 3 nitrogen and oxygen atoms in total. The van der Waals surface area contributed by atoms with Crippen molar-refractivity contribution < 1.29 is 14.6 Å². The smallest absolute Gasteiger partial charge is 0.345 e. The lowest BCUT2D eigenvalue weighted by Crippen LogP contribution is -2.32. The van der Waals surface area contributed by atoms with Gasteiger partial charge in [-0.1, -0.05) is 39.3 Å². The highest BCUT2D eigenvalue weighted by Gasteiger charge is 2.23. The van der Waals surface area contributed by atoms with E-state index in [-0.39, 0.29) is 5.92 Å². The van der Waals surface area contributed by atoms with E-state index in [4.69, 9.17) is 9.84 Å². The van der Waals surface area contributed by atoms with Crippen molar-refractivity contribution in [3.63, 3.8) is 0 Å². The van der Waals surface area contributed by atoms with Gasteiger partial charge in [-0.15, -0.1) is 0 Å². The van der Waals surface area contributed by atoms with Gasteiger partial charge in [0.2, 0.25) is 0 Å². The monoisotopic (exact) mass is 236 g/mol. The summed E-state index contributed by atoms with van der Waals surface area (Å²) in [6.07, 6.45) is 1.35. The zero-order chi connectivity index (χ0) is 12.8. The Morgan fingerprint density at radius 1 is 1.29 bits per heavy atom. The SMILES string of the molecule is CCCc1ccc(OC(C(=O)O)C(C)C)cc1. The first-order chi connectivity index (χ1) is 8.04. The van der Waals surface area contributed by atoms with Crippen LogP contribution in [0.1, 0.15) is 32.8 Å². The van der Waals surface area contributed by atoms with Gasteiger partial charge in [0.15, 0.2) is 6.10 Å². The van der Waals surface area contributed by atoms with Gasteiger partial charge in [0, 0.05) is 5.92 Å². The second-order valence-electron chi connectivity index (χ2n) is 4.51. The van der Waals surface area contributed by atoms with Crippen molar-refractivity contribution >= 4 is 5.97 Å². The van der Waals surface area contributed by atoms with Crippen LogP contribution in [0.4, 0.5) is 0 Å². The van der Waals surface area contributed by atoms with E-state index >= 15 is 0 Å². The molecular weight excluding hydrogens is 216 g/mol. The van der Waals surface area contributed by atoms with E-state index < -0.39 is 12.1 Å².